The molecule has 0 bridgehead atoms. The Bertz CT molecular complexity index is 525. The van der Waals surface area contributed by atoms with Crippen molar-refractivity contribution in [2.24, 2.45) is 0 Å². The van der Waals surface area contributed by atoms with E-state index >= 15 is 0 Å². The lowest BCUT2D eigenvalue weighted by molar-refractivity contribution is 0.0185. The lowest BCUT2D eigenvalue weighted by Crippen LogP contribution is -2.42. The summed E-state index contributed by atoms with van der Waals surface area (Å²) in [6.07, 6.45) is 3.37. The van der Waals surface area contributed by atoms with Crippen molar-refractivity contribution in [1.82, 2.24) is 14.7 Å². The van der Waals surface area contributed by atoms with Gasteiger partial charge in [-0.15, -0.1) is 0 Å². The third kappa shape index (κ3) is 3.53. The van der Waals surface area contributed by atoms with E-state index in [-0.39, 0.29) is 12.1 Å². The van der Waals surface area contributed by atoms with Crippen LogP contribution in [0.5, 0.6) is 0 Å². The molecule has 0 radical (unpaired) electrons. The van der Waals surface area contributed by atoms with Crippen LogP contribution in [0.2, 0.25) is 0 Å². The fraction of sp³-hybridized carbons (Fsp3) is 0.643. The molecule has 1 aromatic heterocycles. The second-order valence-electron chi connectivity index (χ2n) is 6.25. The summed E-state index contributed by atoms with van der Waals surface area (Å²) in [4.78, 5) is 24.5. The van der Waals surface area contributed by atoms with Crippen LogP contribution in [0.1, 0.15) is 50.0 Å². The summed E-state index contributed by atoms with van der Waals surface area (Å²) in [6, 6.07) is 0.109. The number of carbonyl (C=O) groups excluding carboxylic acids is 2. The van der Waals surface area contributed by atoms with Crippen LogP contribution in [0, 0.1) is 0 Å². The maximum atomic E-state index is 12.0. The standard InChI is InChI=1S/C14H22N4O3/c1-14(2,3)21-13(20)17-6-4-11(5-7-17)18-12(15)10(9-19)8-16-18/h8-9,11H,4-7,15H2,1-3H3. The highest BCUT2D eigenvalue weighted by atomic mass is 16.6. The van der Waals surface area contributed by atoms with E-state index in [0.29, 0.717) is 30.8 Å². The molecule has 7 heteroatoms. The second kappa shape index (κ2) is 5.75. The van der Waals surface area contributed by atoms with Crippen molar-refractivity contribution < 1.29 is 14.3 Å². The van der Waals surface area contributed by atoms with Gasteiger partial charge < -0.3 is 15.4 Å². The van der Waals surface area contributed by atoms with Crippen LogP contribution < -0.4 is 5.73 Å². The Morgan fingerprint density at radius 3 is 2.52 bits per heavy atom. The highest BCUT2D eigenvalue weighted by Crippen LogP contribution is 2.26. The number of nitrogens with zero attached hydrogens (tertiary/aromatic N) is 3. The van der Waals surface area contributed by atoms with E-state index in [0.717, 1.165) is 12.8 Å². The molecule has 2 N–H and O–H groups in total. The van der Waals surface area contributed by atoms with Gasteiger partial charge in [-0.05, 0) is 33.6 Å². The number of anilines is 1. The lowest BCUT2D eigenvalue weighted by Gasteiger charge is -2.33. The third-order valence-electron chi connectivity index (χ3n) is 3.45. The van der Waals surface area contributed by atoms with Gasteiger partial charge in [-0.2, -0.15) is 5.10 Å². The summed E-state index contributed by atoms with van der Waals surface area (Å²) in [5.41, 5.74) is 5.81. The fourth-order valence-electron chi connectivity index (χ4n) is 2.39. The lowest BCUT2D eigenvalue weighted by atomic mass is 10.1. The average molecular weight is 294 g/mol. The number of piperidine rings is 1. The first-order chi connectivity index (χ1) is 9.81. The van der Waals surface area contributed by atoms with Gasteiger partial charge in [0.25, 0.3) is 0 Å². The zero-order valence-corrected chi connectivity index (χ0v) is 12.7. The highest BCUT2D eigenvalue weighted by Gasteiger charge is 2.28. The van der Waals surface area contributed by atoms with E-state index in [1.807, 2.05) is 20.8 Å². The molecule has 0 unspecified atom stereocenters. The van der Waals surface area contributed by atoms with Crippen molar-refractivity contribution in [2.45, 2.75) is 45.3 Å². The van der Waals surface area contributed by atoms with Crippen LogP contribution in [0.3, 0.4) is 0 Å². The summed E-state index contributed by atoms with van der Waals surface area (Å²) in [6.45, 7) is 6.74. The Balaban J connectivity index is 1.95. The monoisotopic (exact) mass is 294 g/mol. The van der Waals surface area contributed by atoms with E-state index in [1.165, 1.54) is 6.20 Å². The molecular formula is C14H22N4O3. The summed E-state index contributed by atoms with van der Waals surface area (Å²) < 4.78 is 7.03. The molecule has 1 amide bonds. The first kappa shape index (κ1) is 15.3. The van der Waals surface area contributed by atoms with Gasteiger partial charge in [-0.25, -0.2) is 9.48 Å². The molecule has 2 rings (SSSR count). The molecule has 1 aliphatic heterocycles. The first-order valence-electron chi connectivity index (χ1n) is 7.08. The SMILES string of the molecule is CC(C)(C)OC(=O)N1CCC(n2ncc(C=O)c2N)CC1. The number of nitrogen functional groups attached to an aromatic ring is 1. The van der Waals surface area contributed by atoms with Crippen molar-refractivity contribution in [3.63, 3.8) is 0 Å². The van der Waals surface area contributed by atoms with Crippen LogP contribution in [-0.2, 0) is 4.74 Å². The Hall–Kier alpha value is -2.05. The predicted molar refractivity (Wildman–Crippen MR) is 78.1 cm³/mol. The number of carbonyl (C=O) groups is 2. The van der Waals surface area contributed by atoms with Crippen molar-refractivity contribution >= 4 is 18.2 Å². The maximum Gasteiger partial charge on any atom is 0.410 e. The van der Waals surface area contributed by atoms with Gasteiger partial charge in [0, 0.05) is 13.1 Å². The zero-order valence-electron chi connectivity index (χ0n) is 12.7. The number of ether oxygens (including phenoxy) is 1. The van der Waals surface area contributed by atoms with Gasteiger partial charge in [-0.3, -0.25) is 4.79 Å². The number of likely N-dealkylation sites (tertiary alicyclic amines) is 1. The Kier molecular flexibility index (Phi) is 4.20. The zero-order chi connectivity index (χ0) is 15.6. The topological polar surface area (TPSA) is 90.5 Å². The molecular weight excluding hydrogens is 272 g/mol. The number of aldehydes is 1. The summed E-state index contributed by atoms with van der Waals surface area (Å²) in [7, 11) is 0. The Morgan fingerprint density at radius 2 is 2.05 bits per heavy atom. The van der Waals surface area contributed by atoms with Crippen LogP contribution in [0.4, 0.5) is 10.6 Å². The van der Waals surface area contributed by atoms with Crippen molar-refractivity contribution in [3.8, 4) is 0 Å². The predicted octanol–water partition coefficient (Wildman–Crippen LogP) is 1.85. The normalized spacial score (nSPS) is 16.8. The van der Waals surface area contributed by atoms with Crippen molar-refractivity contribution in [1.29, 1.82) is 0 Å². The molecule has 1 aromatic rings. The molecule has 1 fully saturated rings. The summed E-state index contributed by atoms with van der Waals surface area (Å²) in [5, 5.41) is 4.17. The summed E-state index contributed by atoms with van der Waals surface area (Å²) in [5.74, 6) is 0.390. The van der Waals surface area contributed by atoms with Gasteiger partial charge in [0.15, 0.2) is 6.29 Å². The van der Waals surface area contributed by atoms with Gasteiger partial charge in [0.1, 0.15) is 11.4 Å². The number of nitrogens with two attached hydrogens (primary N) is 1. The molecule has 0 aromatic carbocycles. The van der Waals surface area contributed by atoms with Crippen molar-refractivity contribution in [3.05, 3.63) is 11.8 Å². The van der Waals surface area contributed by atoms with Crippen LogP contribution >= 0.6 is 0 Å². The number of rotatable bonds is 2. The fourth-order valence-corrected chi connectivity index (χ4v) is 2.39. The van der Waals surface area contributed by atoms with Crippen LogP contribution in [0.15, 0.2) is 6.20 Å². The van der Waals surface area contributed by atoms with E-state index in [2.05, 4.69) is 5.10 Å². The third-order valence-corrected chi connectivity index (χ3v) is 3.45. The number of aromatic nitrogens is 2. The molecule has 0 saturated carbocycles. The highest BCUT2D eigenvalue weighted by molar-refractivity contribution is 5.81. The molecule has 0 spiro atoms. The quantitative estimate of drug-likeness (QED) is 0.841. The minimum Gasteiger partial charge on any atom is -0.444 e. The molecule has 21 heavy (non-hydrogen) atoms. The number of hydrogen-bond donors (Lipinski definition) is 1. The van der Waals surface area contributed by atoms with Crippen LogP contribution in [-0.4, -0.2) is 45.8 Å². The van der Waals surface area contributed by atoms with E-state index in [9.17, 15) is 9.59 Å². The van der Waals surface area contributed by atoms with E-state index in [4.69, 9.17) is 10.5 Å². The molecule has 0 aliphatic carbocycles. The van der Waals surface area contributed by atoms with E-state index < -0.39 is 5.60 Å². The minimum atomic E-state index is -0.487. The smallest absolute Gasteiger partial charge is 0.410 e. The molecule has 2 heterocycles. The number of amides is 1. The molecule has 0 atom stereocenters. The first-order valence-corrected chi connectivity index (χ1v) is 7.08. The minimum absolute atomic E-state index is 0.109. The average Bonchev–Trinajstić information content (AvgIpc) is 2.78. The number of hydrogen-bond acceptors (Lipinski definition) is 5. The molecule has 7 nitrogen and oxygen atoms in total. The van der Waals surface area contributed by atoms with Gasteiger partial charge >= 0.3 is 6.09 Å². The molecule has 116 valence electrons. The maximum absolute atomic E-state index is 12.0. The molecule has 1 saturated heterocycles. The Labute approximate surface area is 124 Å². The van der Waals surface area contributed by atoms with Crippen LogP contribution in [0.25, 0.3) is 0 Å². The van der Waals surface area contributed by atoms with Crippen molar-refractivity contribution in [2.75, 3.05) is 18.8 Å². The van der Waals surface area contributed by atoms with Gasteiger partial charge in [0.2, 0.25) is 0 Å². The van der Waals surface area contributed by atoms with E-state index in [1.54, 1.807) is 9.58 Å². The summed E-state index contributed by atoms with van der Waals surface area (Å²) >= 11 is 0. The Morgan fingerprint density at radius 1 is 1.43 bits per heavy atom. The second-order valence-corrected chi connectivity index (χ2v) is 6.25. The molecule has 1 aliphatic rings. The largest absolute Gasteiger partial charge is 0.444 e. The van der Waals surface area contributed by atoms with Gasteiger partial charge in [-0.1, -0.05) is 0 Å². The van der Waals surface area contributed by atoms with Gasteiger partial charge in [0.05, 0.1) is 17.8 Å².